The second kappa shape index (κ2) is 12.7. The van der Waals surface area contributed by atoms with Crippen LogP contribution in [0.3, 0.4) is 0 Å². The minimum atomic E-state index is -0.703. The lowest BCUT2D eigenvalue weighted by molar-refractivity contribution is -0.140. The molecule has 0 spiro atoms. The number of nitrogens with one attached hydrogen (secondary N) is 1. The van der Waals surface area contributed by atoms with E-state index in [0.717, 1.165) is 16.9 Å². The van der Waals surface area contributed by atoms with Crippen LogP contribution in [0.4, 0.5) is 0 Å². The summed E-state index contributed by atoms with van der Waals surface area (Å²) >= 11 is 0. The van der Waals surface area contributed by atoms with E-state index in [2.05, 4.69) is 5.32 Å². The van der Waals surface area contributed by atoms with Crippen molar-refractivity contribution in [3.63, 3.8) is 0 Å². The first kappa shape index (κ1) is 25.2. The molecule has 2 aromatic rings. The topological polar surface area (TPSA) is 111 Å². The molecule has 0 radical (unpaired) electrons. The predicted octanol–water partition coefficient (Wildman–Crippen LogP) is 2.05. The Balaban J connectivity index is 1.62. The Morgan fingerprint density at radius 1 is 1.03 bits per heavy atom. The van der Waals surface area contributed by atoms with Crippen LogP contribution in [0.15, 0.2) is 54.6 Å². The van der Waals surface area contributed by atoms with E-state index < -0.39 is 17.9 Å². The van der Waals surface area contributed by atoms with Gasteiger partial charge >= 0.3 is 0 Å². The van der Waals surface area contributed by atoms with E-state index in [0.29, 0.717) is 45.8 Å². The first-order valence-electron chi connectivity index (χ1n) is 11.6. The van der Waals surface area contributed by atoms with Crippen LogP contribution >= 0.6 is 0 Å². The predicted molar refractivity (Wildman–Crippen MR) is 128 cm³/mol. The largest absolute Gasteiger partial charge is 0.489 e. The van der Waals surface area contributed by atoms with Gasteiger partial charge in [0.1, 0.15) is 18.4 Å². The highest BCUT2D eigenvalue weighted by atomic mass is 16.5. The second-order valence-corrected chi connectivity index (χ2v) is 8.52. The van der Waals surface area contributed by atoms with Crippen LogP contribution in [0.25, 0.3) is 0 Å². The molecule has 8 heteroatoms. The van der Waals surface area contributed by atoms with Gasteiger partial charge in [0.15, 0.2) is 0 Å². The standard InChI is InChI=1S/C26H33N3O5/c1-19(25(27)31)7-12-24(30)28-23(26(32)29-13-15-33-16-14-29)17-20-8-10-22(11-9-20)34-18-21-5-3-2-4-6-21/h2-6,8-11,19,23H,7,12-18H2,1H3,(H2,27,31)(H,28,30). The number of morpholine rings is 1. The monoisotopic (exact) mass is 467 g/mol. The van der Waals surface area contributed by atoms with Crippen molar-refractivity contribution >= 4 is 17.7 Å². The molecule has 0 aliphatic carbocycles. The number of carbonyl (C=O) groups excluding carboxylic acids is 3. The van der Waals surface area contributed by atoms with Crippen molar-refractivity contribution in [1.82, 2.24) is 10.2 Å². The molecule has 3 N–H and O–H groups in total. The van der Waals surface area contributed by atoms with Crippen LogP contribution in [-0.4, -0.2) is 55.0 Å². The van der Waals surface area contributed by atoms with E-state index in [1.54, 1.807) is 11.8 Å². The molecular formula is C26H33N3O5. The smallest absolute Gasteiger partial charge is 0.245 e. The molecule has 0 saturated carbocycles. The van der Waals surface area contributed by atoms with E-state index in [9.17, 15) is 14.4 Å². The van der Waals surface area contributed by atoms with Crippen molar-refractivity contribution in [3.8, 4) is 5.75 Å². The molecule has 3 rings (SSSR count). The van der Waals surface area contributed by atoms with E-state index in [1.807, 2.05) is 54.6 Å². The summed E-state index contributed by atoms with van der Waals surface area (Å²) in [4.78, 5) is 38.7. The molecule has 2 aromatic carbocycles. The number of rotatable bonds is 11. The Bertz CT molecular complexity index is 943. The first-order chi connectivity index (χ1) is 16.4. The molecule has 1 heterocycles. The maximum Gasteiger partial charge on any atom is 0.245 e. The number of benzene rings is 2. The summed E-state index contributed by atoms with van der Waals surface area (Å²) in [6, 6.07) is 16.7. The highest BCUT2D eigenvalue weighted by molar-refractivity contribution is 5.88. The maximum atomic E-state index is 13.2. The first-order valence-corrected chi connectivity index (χ1v) is 11.6. The minimum absolute atomic E-state index is 0.128. The summed E-state index contributed by atoms with van der Waals surface area (Å²) in [5.41, 5.74) is 7.27. The van der Waals surface area contributed by atoms with Crippen molar-refractivity contribution in [2.45, 2.75) is 38.8 Å². The van der Waals surface area contributed by atoms with Gasteiger partial charge in [-0.1, -0.05) is 49.4 Å². The zero-order valence-corrected chi connectivity index (χ0v) is 19.6. The van der Waals surface area contributed by atoms with Gasteiger partial charge < -0.3 is 25.4 Å². The average molecular weight is 468 g/mol. The van der Waals surface area contributed by atoms with Gasteiger partial charge in [0, 0.05) is 31.8 Å². The van der Waals surface area contributed by atoms with Crippen LogP contribution < -0.4 is 15.8 Å². The van der Waals surface area contributed by atoms with Crippen LogP contribution in [0, 0.1) is 5.92 Å². The summed E-state index contributed by atoms with van der Waals surface area (Å²) in [7, 11) is 0. The fraction of sp³-hybridized carbons (Fsp3) is 0.423. The quantitative estimate of drug-likeness (QED) is 0.526. The lowest BCUT2D eigenvalue weighted by Crippen LogP contribution is -2.52. The number of nitrogens with two attached hydrogens (primary N) is 1. The number of ether oxygens (including phenoxy) is 2. The number of amides is 3. The van der Waals surface area contributed by atoms with Gasteiger partial charge in [-0.3, -0.25) is 14.4 Å². The average Bonchev–Trinajstić information content (AvgIpc) is 2.87. The molecule has 3 amide bonds. The molecule has 34 heavy (non-hydrogen) atoms. The summed E-state index contributed by atoms with van der Waals surface area (Å²) in [6.07, 6.45) is 0.822. The number of nitrogens with zero attached hydrogens (tertiary/aromatic N) is 1. The van der Waals surface area contributed by atoms with E-state index in [-0.39, 0.29) is 18.2 Å². The zero-order valence-electron chi connectivity index (χ0n) is 19.6. The zero-order chi connectivity index (χ0) is 24.3. The Kier molecular flexibility index (Phi) is 9.46. The van der Waals surface area contributed by atoms with Crippen LogP contribution in [0.5, 0.6) is 5.75 Å². The normalized spacial score (nSPS) is 15.3. The number of hydrogen-bond acceptors (Lipinski definition) is 5. The second-order valence-electron chi connectivity index (χ2n) is 8.52. The Labute approximate surface area is 200 Å². The van der Waals surface area contributed by atoms with Crippen molar-refractivity contribution in [3.05, 3.63) is 65.7 Å². The van der Waals surface area contributed by atoms with Crippen molar-refractivity contribution in [1.29, 1.82) is 0 Å². The van der Waals surface area contributed by atoms with E-state index in [1.165, 1.54) is 0 Å². The third kappa shape index (κ3) is 7.88. The van der Waals surface area contributed by atoms with Crippen LogP contribution in [0.2, 0.25) is 0 Å². The van der Waals surface area contributed by atoms with Gasteiger partial charge in [-0.2, -0.15) is 0 Å². The number of hydrogen-bond donors (Lipinski definition) is 2. The van der Waals surface area contributed by atoms with E-state index in [4.69, 9.17) is 15.2 Å². The van der Waals surface area contributed by atoms with Gasteiger partial charge in [0.2, 0.25) is 17.7 Å². The Morgan fingerprint density at radius 3 is 2.35 bits per heavy atom. The van der Waals surface area contributed by atoms with Gasteiger partial charge in [-0.25, -0.2) is 0 Å². The number of primary amides is 1. The van der Waals surface area contributed by atoms with Crippen molar-refractivity contribution in [2.24, 2.45) is 11.7 Å². The maximum absolute atomic E-state index is 13.2. The van der Waals surface area contributed by atoms with Crippen LogP contribution in [0.1, 0.15) is 30.9 Å². The Morgan fingerprint density at radius 2 is 1.71 bits per heavy atom. The molecule has 1 saturated heterocycles. The summed E-state index contributed by atoms with van der Waals surface area (Å²) in [5, 5.41) is 2.86. The molecular weight excluding hydrogens is 434 g/mol. The summed E-state index contributed by atoms with van der Waals surface area (Å²) in [5.74, 6) is -0.523. The van der Waals surface area contributed by atoms with Crippen molar-refractivity contribution in [2.75, 3.05) is 26.3 Å². The molecule has 8 nitrogen and oxygen atoms in total. The number of carbonyl (C=O) groups is 3. The molecule has 0 aromatic heterocycles. The van der Waals surface area contributed by atoms with E-state index >= 15 is 0 Å². The molecule has 1 aliphatic heterocycles. The fourth-order valence-corrected chi connectivity index (χ4v) is 3.66. The van der Waals surface area contributed by atoms with Crippen LogP contribution in [-0.2, 0) is 32.1 Å². The molecule has 0 bridgehead atoms. The Hall–Kier alpha value is -3.39. The molecule has 2 unspecified atom stereocenters. The SMILES string of the molecule is CC(CCC(=O)NC(Cc1ccc(OCc2ccccc2)cc1)C(=O)N1CCOCC1)C(N)=O. The minimum Gasteiger partial charge on any atom is -0.489 e. The van der Waals surface area contributed by atoms with Gasteiger partial charge in [-0.05, 0) is 29.7 Å². The summed E-state index contributed by atoms with van der Waals surface area (Å²) < 4.78 is 11.2. The van der Waals surface area contributed by atoms with Gasteiger partial charge in [0.25, 0.3) is 0 Å². The summed E-state index contributed by atoms with van der Waals surface area (Å²) in [6.45, 7) is 4.11. The molecule has 2 atom stereocenters. The third-order valence-corrected chi connectivity index (χ3v) is 5.86. The third-order valence-electron chi connectivity index (χ3n) is 5.86. The molecule has 182 valence electrons. The van der Waals surface area contributed by atoms with Gasteiger partial charge in [0.05, 0.1) is 13.2 Å². The molecule has 1 aliphatic rings. The highest BCUT2D eigenvalue weighted by Crippen LogP contribution is 2.16. The lowest BCUT2D eigenvalue weighted by atomic mass is 10.0. The fourth-order valence-electron chi connectivity index (χ4n) is 3.66. The van der Waals surface area contributed by atoms with Crippen molar-refractivity contribution < 1.29 is 23.9 Å². The highest BCUT2D eigenvalue weighted by Gasteiger charge is 2.27. The molecule has 1 fully saturated rings. The lowest BCUT2D eigenvalue weighted by Gasteiger charge is -2.31. The van der Waals surface area contributed by atoms with Gasteiger partial charge in [-0.15, -0.1) is 0 Å².